The van der Waals surface area contributed by atoms with Crippen molar-refractivity contribution in [1.82, 2.24) is 10.2 Å². The molecule has 3 N–H and O–H groups in total. The fourth-order valence-corrected chi connectivity index (χ4v) is 3.28. The zero-order valence-electron chi connectivity index (χ0n) is 18.5. The zero-order valence-corrected chi connectivity index (χ0v) is 18.5. The lowest BCUT2D eigenvalue weighted by Crippen LogP contribution is -2.42. The molecule has 2 amide bonds. The molecule has 3 aromatic carbocycles. The van der Waals surface area contributed by atoms with Gasteiger partial charge in [0.05, 0.1) is 5.56 Å². The Labute approximate surface area is 189 Å². The van der Waals surface area contributed by atoms with Gasteiger partial charge in [0.1, 0.15) is 18.9 Å². The predicted octanol–water partition coefficient (Wildman–Crippen LogP) is 4.01. The number of benzene rings is 3. The largest absolute Gasteiger partial charge is 0.489 e. The first kappa shape index (κ1) is 22.9. The van der Waals surface area contributed by atoms with E-state index < -0.39 is 0 Å². The van der Waals surface area contributed by atoms with Crippen molar-refractivity contribution in [2.45, 2.75) is 33.0 Å². The van der Waals surface area contributed by atoms with Gasteiger partial charge >= 0.3 is 0 Å². The summed E-state index contributed by atoms with van der Waals surface area (Å²) in [4.78, 5) is 27.2. The Balaban J connectivity index is 1.75. The lowest BCUT2D eigenvalue weighted by Gasteiger charge is -2.24. The Hall–Kier alpha value is -3.80. The molecule has 6 nitrogen and oxygen atoms in total. The number of anilines is 1. The first-order valence-corrected chi connectivity index (χ1v) is 10.6. The van der Waals surface area contributed by atoms with E-state index in [-0.39, 0.29) is 24.4 Å². The molecule has 0 unspecified atom stereocenters. The van der Waals surface area contributed by atoms with Crippen molar-refractivity contribution in [2.24, 2.45) is 0 Å². The van der Waals surface area contributed by atoms with E-state index in [4.69, 9.17) is 10.5 Å². The van der Waals surface area contributed by atoms with E-state index in [9.17, 15) is 9.59 Å². The molecule has 0 aromatic heterocycles. The number of carbonyl (C=O) groups is 2. The van der Waals surface area contributed by atoms with Crippen LogP contribution < -0.4 is 15.8 Å². The van der Waals surface area contributed by atoms with Crippen molar-refractivity contribution >= 4 is 17.5 Å². The minimum atomic E-state index is -0.306. The quantitative estimate of drug-likeness (QED) is 0.501. The lowest BCUT2D eigenvalue weighted by molar-refractivity contribution is -0.122. The molecule has 3 rings (SSSR count). The monoisotopic (exact) mass is 431 g/mol. The van der Waals surface area contributed by atoms with Gasteiger partial charge in [-0.25, -0.2) is 0 Å². The number of hydrogen-bond acceptors (Lipinski definition) is 4. The van der Waals surface area contributed by atoms with E-state index in [0.29, 0.717) is 30.2 Å². The van der Waals surface area contributed by atoms with Gasteiger partial charge in [-0.15, -0.1) is 0 Å². The molecule has 0 heterocycles. The molecule has 0 spiro atoms. The zero-order chi connectivity index (χ0) is 22.9. The number of carbonyl (C=O) groups excluding carboxylic acids is 2. The fourth-order valence-electron chi connectivity index (χ4n) is 3.28. The Morgan fingerprint density at radius 1 is 0.938 bits per heavy atom. The number of nitrogens with zero attached hydrogens (tertiary/aromatic N) is 1. The van der Waals surface area contributed by atoms with Gasteiger partial charge < -0.3 is 20.7 Å². The summed E-state index contributed by atoms with van der Waals surface area (Å²) in [5.41, 5.74) is 8.82. The second-order valence-corrected chi connectivity index (χ2v) is 7.89. The number of rotatable bonds is 9. The molecule has 0 radical (unpaired) electrons. The minimum absolute atomic E-state index is 0.0118. The summed E-state index contributed by atoms with van der Waals surface area (Å²) in [6.45, 7) is 4.42. The van der Waals surface area contributed by atoms with Gasteiger partial charge in [-0.3, -0.25) is 9.59 Å². The van der Waals surface area contributed by atoms with Crippen LogP contribution in [0.25, 0.3) is 0 Å². The normalized spacial score (nSPS) is 10.6. The molecule has 0 bridgehead atoms. The summed E-state index contributed by atoms with van der Waals surface area (Å²) in [7, 11) is 0. The number of hydrogen-bond donors (Lipinski definition) is 2. The smallest absolute Gasteiger partial charge is 0.256 e. The number of nitrogens with two attached hydrogens (primary N) is 1. The topological polar surface area (TPSA) is 84.7 Å². The third-order valence-corrected chi connectivity index (χ3v) is 4.79. The molecule has 0 aliphatic heterocycles. The summed E-state index contributed by atoms with van der Waals surface area (Å²) in [5.74, 6) is 0.0561. The van der Waals surface area contributed by atoms with Gasteiger partial charge in [-0.05, 0) is 37.1 Å². The molecule has 0 atom stereocenters. The second kappa shape index (κ2) is 11.0. The highest BCUT2D eigenvalue weighted by Gasteiger charge is 2.22. The third-order valence-electron chi connectivity index (χ3n) is 4.79. The van der Waals surface area contributed by atoms with Crippen LogP contribution in [0, 0.1) is 0 Å². The molecular weight excluding hydrogens is 402 g/mol. The Morgan fingerprint density at radius 2 is 1.56 bits per heavy atom. The van der Waals surface area contributed by atoms with Crippen molar-refractivity contribution in [2.75, 3.05) is 12.3 Å². The van der Waals surface area contributed by atoms with E-state index in [1.54, 1.807) is 18.2 Å². The Morgan fingerprint density at radius 3 is 2.16 bits per heavy atom. The van der Waals surface area contributed by atoms with Crippen LogP contribution in [0.3, 0.4) is 0 Å². The van der Waals surface area contributed by atoms with Gasteiger partial charge in [0.15, 0.2) is 0 Å². The average molecular weight is 432 g/mol. The summed E-state index contributed by atoms with van der Waals surface area (Å²) in [6.07, 6.45) is 0. The van der Waals surface area contributed by atoms with Crippen LogP contribution in [0.5, 0.6) is 5.75 Å². The average Bonchev–Trinajstić information content (AvgIpc) is 2.78. The lowest BCUT2D eigenvalue weighted by atomic mass is 10.1. The van der Waals surface area contributed by atoms with Crippen molar-refractivity contribution < 1.29 is 14.3 Å². The van der Waals surface area contributed by atoms with Gasteiger partial charge in [-0.2, -0.15) is 0 Å². The summed E-state index contributed by atoms with van der Waals surface area (Å²) in [6, 6.07) is 24.4. The third kappa shape index (κ3) is 6.60. The van der Waals surface area contributed by atoms with Gasteiger partial charge in [0.25, 0.3) is 5.91 Å². The van der Waals surface area contributed by atoms with Crippen molar-refractivity contribution in [3.05, 3.63) is 95.6 Å². The molecule has 0 saturated carbocycles. The minimum Gasteiger partial charge on any atom is -0.489 e. The molecule has 32 heavy (non-hydrogen) atoms. The summed E-state index contributed by atoms with van der Waals surface area (Å²) >= 11 is 0. The molecule has 0 fully saturated rings. The van der Waals surface area contributed by atoms with Crippen molar-refractivity contribution in [3.8, 4) is 5.75 Å². The Kier molecular flexibility index (Phi) is 7.86. The molecule has 6 heteroatoms. The van der Waals surface area contributed by atoms with Crippen molar-refractivity contribution in [3.63, 3.8) is 0 Å². The van der Waals surface area contributed by atoms with Crippen LogP contribution in [0.1, 0.15) is 35.3 Å². The number of amides is 2. The predicted molar refractivity (Wildman–Crippen MR) is 126 cm³/mol. The maximum absolute atomic E-state index is 13.3. The van der Waals surface area contributed by atoms with E-state index >= 15 is 0 Å². The van der Waals surface area contributed by atoms with Gasteiger partial charge in [0.2, 0.25) is 5.91 Å². The van der Waals surface area contributed by atoms with Crippen LogP contribution in [0.15, 0.2) is 78.9 Å². The first-order valence-electron chi connectivity index (χ1n) is 10.6. The number of nitrogens with one attached hydrogen (secondary N) is 1. The van der Waals surface area contributed by atoms with E-state index in [1.807, 2.05) is 74.5 Å². The van der Waals surface area contributed by atoms with Crippen LogP contribution in [-0.4, -0.2) is 29.3 Å². The molecule has 0 saturated heterocycles. The highest BCUT2D eigenvalue weighted by atomic mass is 16.5. The summed E-state index contributed by atoms with van der Waals surface area (Å²) < 4.78 is 5.80. The SMILES string of the molecule is CC(C)NC(=O)CN(Cc1ccccc1)C(=O)c1ccc(OCc2ccccc2)cc1N. The fraction of sp³-hybridized carbons (Fsp3) is 0.231. The van der Waals surface area contributed by atoms with Crippen LogP contribution in [-0.2, 0) is 17.9 Å². The van der Waals surface area contributed by atoms with E-state index in [0.717, 1.165) is 11.1 Å². The van der Waals surface area contributed by atoms with Gasteiger partial charge in [0, 0.05) is 24.3 Å². The van der Waals surface area contributed by atoms with Crippen LogP contribution in [0.4, 0.5) is 5.69 Å². The molecule has 0 aliphatic rings. The molecule has 0 aliphatic carbocycles. The number of ether oxygens (including phenoxy) is 1. The molecule has 3 aromatic rings. The highest BCUT2D eigenvalue weighted by Crippen LogP contribution is 2.23. The van der Waals surface area contributed by atoms with Gasteiger partial charge in [-0.1, -0.05) is 60.7 Å². The van der Waals surface area contributed by atoms with Crippen molar-refractivity contribution in [1.29, 1.82) is 0 Å². The number of nitrogen functional groups attached to an aromatic ring is 1. The van der Waals surface area contributed by atoms with Crippen LogP contribution in [0.2, 0.25) is 0 Å². The standard InChI is InChI=1S/C26H29N3O3/c1-19(2)28-25(30)17-29(16-20-9-5-3-6-10-20)26(31)23-14-13-22(15-24(23)27)32-18-21-11-7-4-8-12-21/h3-15,19H,16-18,27H2,1-2H3,(H,28,30). The maximum atomic E-state index is 13.3. The second-order valence-electron chi connectivity index (χ2n) is 7.89. The highest BCUT2D eigenvalue weighted by molar-refractivity contribution is 6.01. The van der Waals surface area contributed by atoms with E-state index in [2.05, 4.69) is 5.32 Å². The molecular formula is C26H29N3O3. The maximum Gasteiger partial charge on any atom is 0.256 e. The van der Waals surface area contributed by atoms with E-state index in [1.165, 1.54) is 4.90 Å². The summed E-state index contributed by atoms with van der Waals surface area (Å²) in [5, 5.41) is 2.84. The van der Waals surface area contributed by atoms with Crippen LogP contribution >= 0.6 is 0 Å². The Bertz CT molecular complexity index is 1040. The first-order chi connectivity index (χ1) is 15.4. The molecule has 166 valence electrons.